The Kier molecular flexibility index (Phi) is 5.01. The summed E-state index contributed by atoms with van der Waals surface area (Å²) in [7, 11) is 0. The van der Waals surface area contributed by atoms with E-state index in [2.05, 4.69) is 31.0 Å². The molecule has 1 saturated heterocycles. The van der Waals surface area contributed by atoms with E-state index in [4.69, 9.17) is 4.98 Å². The number of hydrogen-bond donors (Lipinski definition) is 1. The molecule has 0 aliphatic carbocycles. The number of hydrogen-bond acceptors (Lipinski definition) is 4. The summed E-state index contributed by atoms with van der Waals surface area (Å²) in [4.78, 5) is 8.53. The third kappa shape index (κ3) is 3.45. The predicted octanol–water partition coefficient (Wildman–Crippen LogP) is 3.12. The van der Waals surface area contributed by atoms with Crippen molar-refractivity contribution in [2.24, 2.45) is 0 Å². The molecule has 0 amide bonds. The molecule has 0 spiro atoms. The number of rotatable bonds is 5. The molecule has 1 N–H and O–H groups in total. The molecule has 2 heterocycles. The summed E-state index contributed by atoms with van der Waals surface area (Å²) in [5.41, 5.74) is 1.19. The Labute approximate surface area is 115 Å². The topological polar surface area (TPSA) is 28.2 Å². The summed E-state index contributed by atoms with van der Waals surface area (Å²) in [6.45, 7) is 9.93. The molecule has 1 aliphatic heterocycles. The van der Waals surface area contributed by atoms with Crippen LogP contribution < -0.4 is 10.2 Å². The van der Waals surface area contributed by atoms with E-state index in [1.165, 1.54) is 47.9 Å². The summed E-state index contributed by atoms with van der Waals surface area (Å²) in [5, 5.41) is 4.84. The van der Waals surface area contributed by atoms with Gasteiger partial charge in [0.25, 0.3) is 0 Å². The van der Waals surface area contributed by atoms with Crippen molar-refractivity contribution in [3.63, 3.8) is 0 Å². The highest BCUT2D eigenvalue weighted by Gasteiger charge is 2.18. The van der Waals surface area contributed by atoms with E-state index in [9.17, 15) is 0 Å². The van der Waals surface area contributed by atoms with Gasteiger partial charge in [0.2, 0.25) is 0 Å². The van der Waals surface area contributed by atoms with E-state index >= 15 is 0 Å². The molecule has 0 radical (unpaired) electrons. The SMILES string of the molecule is CCCN(CC1CCCCN1)c1nc(C)c(C)s1. The second kappa shape index (κ2) is 6.53. The molecule has 0 bridgehead atoms. The number of nitrogens with one attached hydrogen (secondary N) is 1. The molecule has 18 heavy (non-hydrogen) atoms. The van der Waals surface area contributed by atoms with Gasteiger partial charge in [-0.1, -0.05) is 13.3 Å². The normalized spacial score (nSPS) is 20.1. The highest BCUT2D eigenvalue weighted by atomic mass is 32.1. The molecule has 1 aromatic heterocycles. The minimum atomic E-state index is 0.648. The first kappa shape index (κ1) is 13.8. The second-order valence-electron chi connectivity index (χ2n) is 5.23. The van der Waals surface area contributed by atoms with Crippen LogP contribution in [0.1, 0.15) is 43.2 Å². The molecule has 4 heteroatoms. The number of aryl methyl sites for hydroxylation is 2. The van der Waals surface area contributed by atoms with Crippen molar-refractivity contribution in [1.29, 1.82) is 0 Å². The summed E-state index contributed by atoms with van der Waals surface area (Å²) < 4.78 is 0. The number of piperidine rings is 1. The third-order valence-electron chi connectivity index (χ3n) is 3.63. The fourth-order valence-electron chi connectivity index (χ4n) is 2.47. The van der Waals surface area contributed by atoms with Gasteiger partial charge in [-0.25, -0.2) is 4.98 Å². The van der Waals surface area contributed by atoms with Gasteiger partial charge >= 0.3 is 0 Å². The molecule has 1 aromatic rings. The standard InChI is InChI=1S/C14H25N3S/c1-4-9-17(10-13-7-5-6-8-15-13)14-16-11(2)12(3)18-14/h13,15H,4-10H2,1-3H3. The van der Waals surface area contributed by atoms with E-state index < -0.39 is 0 Å². The smallest absolute Gasteiger partial charge is 0.185 e. The van der Waals surface area contributed by atoms with Crippen molar-refractivity contribution in [3.8, 4) is 0 Å². The van der Waals surface area contributed by atoms with Crippen LogP contribution in [0.25, 0.3) is 0 Å². The highest BCUT2D eigenvalue weighted by molar-refractivity contribution is 7.15. The van der Waals surface area contributed by atoms with Crippen LogP contribution in [0.4, 0.5) is 5.13 Å². The average molecular weight is 267 g/mol. The molecule has 1 fully saturated rings. The highest BCUT2D eigenvalue weighted by Crippen LogP contribution is 2.26. The number of anilines is 1. The lowest BCUT2D eigenvalue weighted by Crippen LogP contribution is -2.44. The molecule has 0 aromatic carbocycles. The maximum Gasteiger partial charge on any atom is 0.185 e. The Morgan fingerprint density at radius 2 is 2.22 bits per heavy atom. The Bertz CT molecular complexity index is 350. The first-order chi connectivity index (χ1) is 8.70. The zero-order valence-electron chi connectivity index (χ0n) is 11.8. The molecule has 1 atom stereocenters. The molecule has 3 nitrogen and oxygen atoms in total. The molecule has 102 valence electrons. The number of thiazole rings is 1. The number of nitrogens with zero attached hydrogens (tertiary/aromatic N) is 2. The largest absolute Gasteiger partial charge is 0.347 e. The summed E-state index contributed by atoms with van der Waals surface area (Å²) in [6.07, 6.45) is 5.20. The Hall–Kier alpha value is -0.610. The van der Waals surface area contributed by atoms with Gasteiger partial charge in [0.1, 0.15) is 0 Å². The van der Waals surface area contributed by atoms with Crippen molar-refractivity contribution in [2.45, 2.75) is 52.5 Å². The van der Waals surface area contributed by atoms with Gasteiger partial charge in [0, 0.05) is 24.0 Å². The summed E-state index contributed by atoms with van der Waals surface area (Å²) in [6, 6.07) is 0.648. The fourth-order valence-corrected chi connectivity index (χ4v) is 3.42. The van der Waals surface area contributed by atoms with Crippen LogP contribution in [-0.4, -0.2) is 30.7 Å². The monoisotopic (exact) mass is 267 g/mol. The van der Waals surface area contributed by atoms with E-state index in [1.54, 1.807) is 0 Å². The van der Waals surface area contributed by atoms with Gasteiger partial charge in [0.15, 0.2) is 5.13 Å². The van der Waals surface area contributed by atoms with Gasteiger partial charge in [0.05, 0.1) is 5.69 Å². The van der Waals surface area contributed by atoms with Crippen LogP contribution in [-0.2, 0) is 0 Å². The molecule has 1 unspecified atom stereocenters. The lowest BCUT2D eigenvalue weighted by molar-refractivity contribution is 0.399. The first-order valence-corrected chi connectivity index (χ1v) is 7.94. The van der Waals surface area contributed by atoms with Crippen LogP contribution in [0, 0.1) is 13.8 Å². The Morgan fingerprint density at radius 3 is 2.78 bits per heavy atom. The summed E-state index contributed by atoms with van der Waals surface area (Å²) in [5.74, 6) is 0. The molecule has 0 saturated carbocycles. The van der Waals surface area contributed by atoms with Crippen molar-refractivity contribution in [3.05, 3.63) is 10.6 Å². The van der Waals surface area contributed by atoms with E-state index in [0.717, 1.165) is 13.1 Å². The van der Waals surface area contributed by atoms with Crippen molar-refractivity contribution < 1.29 is 0 Å². The first-order valence-electron chi connectivity index (χ1n) is 7.13. The van der Waals surface area contributed by atoms with Crippen LogP contribution >= 0.6 is 11.3 Å². The van der Waals surface area contributed by atoms with Gasteiger partial charge in [-0.05, 0) is 39.7 Å². The third-order valence-corrected chi connectivity index (χ3v) is 4.77. The van der Waals surface area contributed by atoms with Crippen molar-refractivity contribution in [1.82, 2.24) is 10.3 Å². The lowest BCUT2D eigenvalue weighted by atomic mass is 10.0. The van der Waals surface area contributed by atoms with Gasteiger partial charge in [-0.3, -0.25) is 0 Å². The fraction of sp³-hybridized carbons (Fsp3) is 0.786. The number of aromatic nitrogens is 1. The lowest BCUT2D eigenvalue weighted by Gasteiger charge is -2.30. The Balaban J connectivity index is 2.02. The average Bonchev–Trinajstić information content (AvgIpc) is 2.70. The van der Waals surface area contributed by atoms with Crippen LogP contribution in [0.2, 0.25) is 0 Å². The molecule has 1 aliphatic rings. The Morgan fingerprint density at radius 1 is 1.39 bits per heavy atom. The molecule has 2 rings (SSSR count). The zero-order valence-corrected chi connectivity index (χ0v) is 12.6. The van der Waals surface area contributed by atoms with E-state index in [-0.39, 0.29) is 0 Å². The van der Waals surface area contributed by atoms with Gasteiger partial charge in [-0.15, -0.1) is 11.3 Å². The quantitative estimate of drug-likeness (QED) is 0.888. The minimum Gasteiger partial charge on any atom is -0.347 e. The van der Waals surface area contributed by atoms with E-state index in [0.29, 0.717) is 6.04 Å². The van der Waals surface area contributed by atoms with Crippen LogP contribution in [0.15, 0.2) is 0 Å². The van der Waals surface area contributed by atoms with Gasteiger partial charge < -0.3 is 10.2 Å². The molecular formula is C14H25N3S. The summed E-state index contributed by atoms with van der Waals surface area (Å²) >= 11 is 1.84. The van der Waals surface area contributed by atoms with Crippen LogP contribution in [0.3, 0.4) is 0 Å². The predicted molar refractivity (Wildman–Crippen MR) is 79.7 cm³/mol. The van der Waals surface area contributed by atoms with Gasteiger partial charge in [-0.2, -0.15) is 0 Å². The van der Waals surface area contributed by atoms with Crippen molar-refractivity contribution in [2.75, 3.05) is 24.5 Å². The minimum absolute atomic E-state index is 0.648. The van der Waals surface area contributed by atoms with E-state index in [1.807, 2.05) is 11.3 Å². The maximum atomic E-state index is 4.71. The van der Waals surface area contributed by atoms with Crippen LogP contribution in [0.5, 0.6) is 0 Å². The molecular weight excluding hydrogens is 242 g/mol. The zero-order chi connectivity index (χ0) is 13.0. The second-order valence-corrected chi connectivity index (χ2v) is 6.41. The van der Waals surface area contributed by atoms with Crippen molar-refractivity contribution >= 4 is 16.5 Å². The maximum absolute atomic E-state index is 4.71.